The van der Waals surface area contributed by atoms with E-state index in [2.05, 4.69) is 4.98 Å². The number of hydrogen-bond acceptors (Lipinski definition) is 5. The molecule has 1 fully saturated rings. The Labute approximate surface area is 176 Å². The molecule has 0 aliphatic carbocycles. The minimum absolute atomic E-state index is 0.0360. The van der Waals surface area contributed by atoms with Gasteiger partial charge in [-0.15, -0.1) is 0 Å². The van der Waals surface area contributed by atoms with Crippen LogP contribution < -0.4 is 0 Å². The van der Waals surface area contributed by atoms with Gasteiger partial charge >= 0.3 is 0 Å². The van der Waals surface area contributed by atoms with Gasteiger partial charge in [-0.1, -0.05) is 23.2 Å². The summed E-state index contributed by atoms with van der Waals surface area (Å²) in [5, 5.41) is 11.5. The van der Waals surface area contributed by atoms with E-state index < -0.39 is 17.7 Å². The first-order chi connectivity index (χ1) is 14.0. The summed E-state index contributed by atoms with van der Waals surface area (Å²) in [5.41, 5.74) is 0.882. The molecule has 1 saturated heterocycles. The van der Waals surface area contributed by atoms with Crippen LogP contribution in [0.5, 0.6) is 0 Å². The van der Waals surface area contributed by atoms with Crippen molar-refractivity contribution in [1.82, 2.24) is 9.88 Å². The minimum atomic E-state index is -0.808. The van der Waals surface area contributed by atoms with Gasteiger partial charge in [-0.3, -0.25) is 14.6 Å². The number of aliphatic hydroxyl groups is 1. The Hall–Kier alpha value is -3.09. The van der Waals surface area contributed by atoms with Crippen LogP contribution in [0.1, 0.15) is 22.9 Å². The molecule has 3 aromatic rings. The number of hydrogen-bond donors (Lipinski definition) is 1. The van der Waals surface area contributed by atoms with Crippen LogP contribution in [-0.4, -0.2) is 26.7 Å². The van der Waals surface area contributed by atoms with Gasteiger partial charge in [-0.05, 0) is 48.0 Å². The van der Waals surface area contributed by atoms with E-state index in [0.29, 0.717) is 16.3 Å². The number of carbonyl (C=O) groups excluding carboxylic acids is 2. The van der Waals surface area contributed by atoms with E-state index in [0.717, 1.165) is 0 Å². The average Bonchev–Trinajstić information content (AvgIpc) is 3.32. The van der Waals surface area contributed by atoms with Gasteiger partial charge in [0.1, 0.15) is 11.5 Å². The second kappa shape index (κ2) is 7.73. The lowest BCUT2D eigenvalue weighted by molar-refractivity contribution is -0.140. The lowest BCUT2D eigenvalue weighted by Crippen LogP contribution is -2.29. The number of aromatic nitrogens is 1. The summed E-state index contributed by atoms with van der Waals surface area (Å²) in [6.45, 7) is 0.0721. The molecule has 1 atom stereocenters. The topological polar surface area (TPSA) is 83.6 Å². The smallest absolute Gasteiger partial charge is 0.296 e. The fraction of sp³-hybridized carbons (Fsp3) is 0.0952. The molecule has 2 aromatic heterocycles. The number of amides is 1. The lowest BCUT2D eigenvalue weighted by Gasteiger charge is -2.24. The first-order valence-corrected chi connectivity index (χ1v) is 9.39. The first kappa shape index (κ1) is 19.2. The molecule has 0 spiro atoms. The van der Waals surface area contributed by atoms with Gasteiger partial charge in [0, 0.05) is 18.0 Å². The lowest BCUT2D eigenvalue weighted by atomic mass is 9.96. The zero-order chi connectivity index (χ0) is 20.5. The Balaban J connectivity index is 1.87. The number of rotatable bonds is 4. The average molecular weight is 429 g/mol. The monoisotopic (exact) mass is 428 g/mol. The molecule has 1 aromatic carbocycles. The number of ketones is 1. The molecule has 8 heteroatoms. The number of aliphatic hydroxyl groups excluding tert-OH is 1. The molecule has 1 amide bonds. The largest absolute Gasteiger partial charge is 0.507 e. The highest BCUT2D eigenvalue weighted by molar-refractivity contribution is 6.46. The van der Waals surface area contributed by atoms with E-state index in [-0.39, 0.29) is 28.5 Å². The van der Waals surface area contributed by atoms with Gasteiger partial charge < -0.3 is 14.4 Å². The zero-order valence-electron chi connectivity index (χ0n) is 14.9. The van der Waals surface area contributed by atoms with Crippen molar-refractivity contribution in [1.29, 1.82) is 0 Å². The third kappa shape index (κ3) is 3.52. The maximum Gasteiger partial charge on any atom is 0.296 e. The molecule has 3 heterocycles. The summed E-state index contributed by atoms with van der Waals surface area (Å²) in [6.07, 6.45) is 4.60. The van der Waals surface area contributed by atoms with E-state index in [1.54, 1.807) is 36.7 Å². The third-order valence-electron chi connectivity index (χ3n) is 4.66. The standard InChI is InChI=1S/C21H14Cl2N2O4/c22-15-4-3-13(10-16(15)23)19(26)17-18(12-5-7-24-8-6-12)25(21(28)20(17)27)11-14-2-1-9-29-14/h1-10,18,26H,11H2/b19-17-. The molecule has 6 nitrogen and oxygen atoms in total. The van der Waals surface area contributed by atoms with Crippen LogP contribution in [0.15, 0.2) is 71.1 Å². The maximum atomic E-state index is 12.9. The van der Waals surface area contributed by atoms with Gasteiger partial charge in [0.05, 0.1) is 34.5 Å². The van der Waals surface area contributed by atoms with Crippen molar-refractivity contribution in [3.8, 4) is 0 Å². The highest BCUT2D eigenvalue weighted by Crippen LogP contribution is 2.40. The summed E-state index contributed by atoms with van der Waals surface area (Å²) in [5.74, 6) is -1.34. The summed E-state index contributed by atoms with van der Waals surface area (Å²) in [4.78, 5) is 31.0. The molecule has 0 bridgehead atoms. The Morgan fingerprint density at radius 3 is 2.52 bits per heavy atom. The molecule has 1 N–H and O–H groups in total. The number of benzene rings is 1. The quantitative estimate of drug-likeness (QED) is 0.372. The fourth-order valence-electron chi connectivity index (χ4n) is 3.30. The van der Waals surface area contributed by atoms with Crippen LogP contribution in [0.3, 0.4) is 0 Å². The van der Waals surface area contributed by atoms with Crippen LogP contribution in [0.25, 0.3) is 5.76 Å². The van der Waals surface area contributed by atoms with Gasteiger partial charge in [0.2, 0.25) is 0 Å². The Kier molecular flexibility index (Phi) is 5.13. The second-order valence-corrected chi connectivity index (χ2v) is 7.23. The third-order valence-corrected chi connectivity index (χ3v) is 5.40. The fourth-order valence-corrected chi connectivity index (χ4v) is 3.60. The van der Waals surface area contributed by atoms with Crippen LogP contribution >= 0.6 is 23.2 Å². The Morgan fingerprint density at radius 1 is 1.10 bits per heavy atom. The normalized spacial score (nSPS) is 18.4. The van der Waals surface area contributed by atoms with Crippen molar-refractivity contribution < 1.29 is 19.1 Å². The molecule has 146 valence electrons. The Morgan fingerprint density at radius 2 is 1.86 bits per heavy atom. The number of furan rings is 1. The molecule has 1 aliphatic heterocycles. The molecule has 4 rings (SSSR count). The van der Waals surface area contributed by atoms with Crippen LogP contribution in [0.2, 0.25) is 10.0 Å². The van der Waals surface area contributed by atoms with Gasteiger partial charge in [-0.25, -0.2) is 0 Å². The summed E-state index contributed by atoms with van der Waals surface area (Å²) >= 11 is 12.0. The zero-order valence-corrected chi connectivity index (χ0v) is 16.4. The van der Waals surface area contributed by atoms with Crippen LogP contribution in [-0.2, 0) is 16.1 Å². The molecular weight excluding hydrogens is 415 g/mol. The number of likely N-dealkylation sites (tertiary alicyclic amines) is 1. The Bertz CT molecular complexity index is 1110. The van der Waals surface area contributed by atoms with Crippen molar-refractivity contribution in [2.75, 3.05) is 0 Å². The SMILES string of the molecule is O=C1C(=O)N(Cc2ccco2)C(c2ccncc2)/C1=C(/O)c1ccc(Cl)c(Cl)c1. The molecular formula is C21H14Cl2N2O4. The van der Waals surface area contributed by atoms with Gasteiger partial charge in [0.15, 0.2) is 0 Å². The number of halogens is 2. The molecule has 0 saturated carbocycles. The predicted molar refractivity (Wildman–Crippen MR) is 107 cm³/mol. The minimum Gasteiger partial charge on any atom is -0.507 e. The van der Waals surface area contributed by atoms with Crippen molar-refractivity contribution in [2.24, 2.45) is 0 Å². The van der Waals surface area contributed by atoms with Crippen LogP contribution in [0, 0.1) is 0 Å². The predicted octanol–water partition coefficient (Wildman–Crippen LogP) is 4.60. The number of pyridine rings is 1. The van der Waals surface area contributed by atoms with E-state index >= 15 is 0 Å². The molecule has 29 heavy (non-hydrogen) atoms. The molecule has 1 aliphatic rings. The van der Waals surface area contributed by atoms with Crippen LogP contribution in [0.4, 0.5) is 0 Å². The summed E-state index contributed by atoms with van der Waals surface area (Å²) in [7, 11) is 0. The molecule has 1 unspecified atom stereocenters. The van der Waals surface area contributed by atoms with E-state index in [1.807, 2.05) is 0 Å². The van der Waals surface area contributed by atoms with Gasteiger partial charge in [0.25, 0.3) is 11.7 Å². The highest BCUT2D eigenvalue weighted by Gasteiger charge is 2.46. The van der Waals surface area contributed by atoms with E-state index in [1.165, 1.54) is 29.4 Å². The summed E-state index contributed by atoms with van der Waals surface area (Å²) in [6, 6.07) is 10.5. The number of nitrogens with zero attached hydrogens (tertiary/aromatic N) is 2. The van der Waals surface area contributed by atoms with Crippen molar-refractivity contribution >= 4 is 40.7 Å². The van der Waals surface area contributed by atoms with E-state index in [4.69, 9.17) is 27.6 Å². The molecule has 0 radical (unpaired) electrons. The van der Waals surface area contributed by atoms with Crippen molar-refractivity contribution in [3.63, 3.8) is 0 Å². The van der Waals surface area contributed by atoms with E-state index in [9.17, 15) is 14.7 Å². The van der Waals surface area contributed by atoms with Crippen molar-refractivity contribution in [3.05, 3.63) is 93.6 Å². The highest BCUT2D eigenvalue weighted by atomic mass is 35.5. The van der Waals surface area contributed by atoms with Gasteiger partial charge in [-0.2, -0.15) is 0 Å². The maximum absolute atomic E-state index is 12.9. The first-order valence-electron chi connectivity index (χ1n) is 8.63. The second-order valence-electron chi connectivity index (χ2n) is 6.42. The number of Topliss-reactive ketones (excluding diaryl/α,β-unsaturated/α-hetero) is 1. The van der Waals surface area contributed by atoms with Crippen molar-refractivity contribution in [2.45, 2.75) is 12.6 Å². The summed E-state index contributed by atoms with van der Waals surface area (Å²) < 4.78 is 5.34. The number of carbonyl (C=O) groups is 2.